The molecule has 0 aliphatic carbocycles. The first kappa shape index (κ1) is 14.0. The molecule has 0 aliphatic rings. The first-order chi connectivity index (χ1) is 8.73. The minimum absolute atomic E-state index is 0.431. The van der Waals surface area contributed by atoms with Gasteiger partial charge < -0.3 is 10.3 Å². The van der Waals surface area contributed by atoms with Crippen molar-refractivity contribution in [3.05, 3.63) is 35.2 Å². The van der Waals surface area contributed by atoms with Crippen molar-refractivity contribution in [2.75, 3.05) is 0 Å². The van der Waals surface area contributed by atoms with Crippen molar-refractivity contribution in [2.24, 2.45) is 5.73 Å². The summed E-state index contributed by atoms with van der Waals surface area (Å²) >= 11 is 6.13. The topological polar surface area (TPSA) is 64.9 Å². The van der Waals surface area contributed by atoms with Crippen molar-refractivity contribution in [3.63, 3.8) is 0 Å². The lowest BCUT2D eigenvalue weighted by Crippen LogP contribution is -2.50. The van der Waals surface area contributed by atoms with Crippen LogP contribution in [0.1, 0.15) is 33.6 Å². The number of halogens is 1. The lowest BCUT2D eigenvalue weighted by Gasteiger charge is -2.34. The number of nitrogens with zero attached hydrogens (tertiary/aromatic N) is 2. The number of benzene rings is 1. The first-order valence-electron chi connectivity index (χ1n) is 6.11. The van der Waals surface area contributed by atoms with E-state index in [1.807, 2.05) is 45.9 Å². The summed E-state index contributed by atoms with van der Waals surface area (Å²) in [5.74, 6) is 0.993. The summed E-state index contributed by atoms with van der Waals surface area (Å²) in [6.07, 6.45) is 0. The summed E-state index contributed by atoms with van der Waals surface area (Å²) in [6, 6.07) is 7.40. The van der Waals surface area contributed by atoms with Gasteiger partial charge in [-0.3, -0.25) is 0 Å². The van der Waals surface area contributed by atoms with Crippen LogP contribution in [0.2, 0.25) is 5.02 Å². The summed E-state index contributed by atoms with van der Waals surface area (Å²) in [6.45, 7) is 7.84. The standard InChI is InChI=1S/C14H18ClN3O/c1-13(2,14(3,4)16)12-17-11(18-19-12)9-7-5-6-8-10(9)15/h5-8H,16H2,1-4H3. The number of hydrogen-bond donors (Lipinski definition) is 1. The van der Waals surface area contributed by atoms with Gasteiger partial charge in [0.05, 0.1) is 10.4 Å². The molecule has 0 fully saturated rings. The van der Waals surface area contributed by atoms with Crippen molar-refractivity contribution in [3.8, 4) is 11.4 Å². The molecular formula is C14H18ClN3O. The number of hydrogen-bond acceptors (Lipinski definition) is 4. The third kappa shape index (κ3) is 2.51. The van der Waals surface area contributed by atoms with Crippen LogP contribution in [0.25, 0.3) is 11.4 Å². The highest BCUT2D eigenvalue weighted by molar-refractivity contribution is 6.33. The monoisotopic (exact) mass is 279 g/mol. The van der Waals surface area contributed by atoms with Gasteiger partial charge in [-0.1, -0.05) is 28.9 Å². The Labute approximate surface area is 118 Å². The van der Waals surface area contributed by atoms with Crippen LogP contribution >= 0.6 is 11.6 Å². The second-order valence-corrected chi connectivity index (χ2v) is 6.16. The molecule has 0 saturated carbocycles. The minimum atomic E-state index is -0.475. The van der Waals surface area contributed by atoms with Crippen LogP contribution in [0.4, 0.5) is 0 Å². The molecule has 1 heterocycles. The van der Waals surface area contributed by atoms with Gasteiger partial charge in [-0.2, -0.15) is 4.98 Å². The lowest BCUT2D eigenvalue weighted by molar-refractivity contribution is 0.223. The molecule has 102 valence electrons. The van der Waals surface area contributed by atoms with Gasteiger partial charge in [-0.15, -0.1) is 0 Å². The van der Waals surface area contributed by atoms with Crippen molar-refractivity contribution in [1.82, 2.24) is 10.1 Å². The molecule has 2 rings (SSSR count). The molecule has 1 aromatic carbocycles. The maximum atomic E-state index is 6.17. The van der Waals surface area contributed by atoms with Crippen LogP contribution in [-0.4, -0.2) is 15.7 Å². The molecule has 0 atom stereocenters. The quantitative estimate of drug-likeness (QED) is 0.935. The molecule has 0 bridgehead atoms. The normalized spacial score (nSPS) is 12.7. The molecule has 0 amide bonds. The molecule has 0 unspecified atom stereocenters. The highest BCUT2D eigenvalue weighted by Crippen LogP contribution is 2.33. The largest absolute Gasteiger partial charge is 0.338 e. The highest BCUT2D eigenvalue weighted by atomic mass is 35.5. The summed E-state index contributed by atoms with van der Waals surface area (Å²) < 4.78 is 5.37. The van der Waals surface area contributed by atoms with E-state index in [9.17, 15) is 0 Å². The van der Waals surface area contributed by atoms with Crippen LogP contribution in [0.15, 0.2) is 28.8 Å². The van der Waals surface area contributed by atoms with E-state index in [0.29, 0.717) is 16.7 Å². The van der Waals surface area contributed by atoms with E-state index in [4.69, 9.17) is 21.9 Å². The third-order valence-electron chi connectivity index (χ3n) is 3.69. The molecule has 0 radical (unpaired) electrons. The SMILES string of the molecule is CC(C)(N)C(C)(C)c1nc(-c2ccccc2Cl)no1. The third-order valence-corrected chi connectivity index (χ3v) is 4.02. The van der Waals surface area contributed by atoms with E-state index in [2.05, 4.69) is 10.1 Å². The Morgan fingerprint density at radius 1 is 1.16 bits per heavy atom. The molecule has 4 nitrogen and oxygen atoms in total. The van der Waals surface area contributed by atoms with Crippen LogP contribution in [-0.2, 0) is 5.41 Å². The van der Waals surface area contributed by atoms with Crippen molar-refractivity contribution >= 4 is 11.6 Å². The fourth-order valence-electron chi connectivity index (χ4n) is 1.50. The lowest BCUT2D eigenvalue weighted by atomic mass is 9.75. The van der Waals surface area contributed by atoms with E-state index in [1.165, 1.54) is 0 Å². The molecule has 0 aliphatic heterocycles. The van der Waals surface area contributed by atoms with Gasteiger partial charge in [0.15, 0.2) is 0 Å². The van der Waals surface area contributed by atoms with Crippen molar-refractivity contribution < 1.29 is 4.52 Å². The van der Waals surface area contributed by atoms with Gasteiger partial charge in [0.25, 0.3) is 0 Å². The fraction of sp³-hybridized carbons (Fsp3) is 0.429. The van der Waals surface area contributed by atoms with Gasteiger partial charge in [-0.05, 0) is 39.8 Å². The van der Waals surface area contributed by atoms with Crippen LogP contribution in [0.5, 0.6) is 0 Å². The first-order valence-corrected chi connectivity index (χ1v) is 6.49. The summed E-state index contributed by atoms with van der Waals surface area (Å²) in [4.78, 5) is 4.44. The van der Waals surface area contributed by atoms with E-state index < -0.39 is 11.0 Å². The molecule has 2 aromatic rings. The predicted octanol–water partition coefficient (Wildman–Crippen LogP) is 3.40. The van der Waals surface area contributed by atoms with Gasteiger partial charge in [0.2, 0.25) is 11.7 Å². The van der Waals surface area contributed by atoms with Gasteiger partial charge in [0, 0.05) is 11.1 Å². The van der Waals surface area contributed by atoms with E-state index >= 15 is 0 Å². The maximum Gasteiger partial charge on any atom is 0.234 e. The highest BCUT2D eigenvalue weighted by Gasteiger charge is 2.40. The van der Waals surface area contributed by atoms with E-state index in [0.717, 1.165) is 5.56 Å². The zero-order chi connectivity index (χ0) is 14.3. The summed E-state index contributed by atoms with van der Waals surface area (Å²) in [5, 5.41) is 4.60. The Morgan fingerprint density at radius 2 is 1.79 bits per heavy atom. The molecule has 1 aromatic heterocycles. The average Bonchev–Trinajstić information content (AvgIpc) is 2.77. The number of aromatic nitrogens is 2. The van der Waals surface area contributed by atoms with Crippen LogP contribution < -0.4 is 5.73 Å². The Bertz CT molecular complexity index is 584. The Morgan fingerprint density at radius 3 is 2.37 bits per heavy atom. The zero-order valence-corrected chi connectivity index (χ0v) is 12.3. The smallest absolute Gasteiger partial charge is 0.234 e. The fourth-order valence-corrected chi connectivity index (χ4v) is 1.73. The van der Waals surface area contributed by atoms with Gasteiger partial charge in [-0.25, -0.2) is 0 Å². The number of rotatable bonds is 3. The summed E-state index contributed by atoms with van der Waals surface area (Å²) in [7, 11) is 0. The minimum Gasteiger partial charge on any atom is -0.338 e. The van der Waals surface area contributed by atoms with Crippen LogP contribution in [0.3, 0.4) is 0 Å². The predicted molar refractivity (Wildman–Crippen MR) is 76.0 cm³/mol. The zero-order valence-electron chi connectivity index (χ0n) is 11.6. The van der Waals surface area contributed by atoms with Crippen molar-refractivity contribution in [2.45, 2.75) is 38.6 Å². The molecule has 0 spiro atoms. The molecule has 5 heteroatoms. The van der Waals surface area contributed by atoms with Crippen molar-refractivity contribution in [1.29, 1.82) is 0 Å². The molecular weight excluding hydrogens is 262 g/mol. The van der Waals surface area contributed by atoms with E-state index in [1.54, 1.807) is 6.07 Å². The Hall–Kier alpha value is -1.39. The average molecular weight is 280 g/mol. The maximum absolute atomic E-state index is 6.17. The number of nitrogens with two attached hydrogens (primary N) is 1. The Balaban J connectivity index is 2.43. The second-order valence-electron chi connectivity index (χ2n) is 5.75. The summed E-state index contributed by atoms with van der Waals surface area (Å²) in [5.41, 5.74) is 6.02. The van der Waals surface area contributed by atoms with E-state index in [-0.39, 0.29) is 0 Å². The molecule has 0 saturated heterocycles. The van der Waals surface area contributed by atoms with Crippen LogP contribution in [0, 0.1) is 0 Å². The Kier molecular flexibility index (Phi) is 3.41. The second kappa shape index (κ2) is 4.62. The van der Waals surface area contributed by atoms with Gasteiger partial charge >= 0.3 is 0 Å². The van der Waals surface area contributed by atoms with Gasteiger partial charge in [0.1, 0.15) is 0 Å². The molecule has 2 N–H and O–H groups in total. The molecule has 19 heavy (non-hydrogen) atoms.